The van der Waals surface area contributed by atoms with E-state index in [1.807, 2.05) is 0 Å². The lowest BCUT2D eigenvalue weighted by Crippen LogP contribution is -2.51. The molecule has 2 rings (SSSR count). The lowest BCUT2D eigenvalue weighted by Gasteiger charge is -2.26. The lowest BCUT2D eigenvalue weighted by atomic mass is 10.3. The highest BCUT2D eigenvalue weighted by Gasteiger charge is 2.22. The fourth-order valence-corrected chi connectivity index (χ4v) is 1.68. The number of rotatable bonds is 2. The van der Waals surface area contributed by atoms with Crippen LogP contribution in [0.15, 0.2) is 18.3 Å². The Morgan fingerprint density at radius 3 is 2.95 bits per heavy atom. The largest absolute Gasteiger partial charge is 0.476 e. The maximum absolute atomic E-state index is 11.9. The molecule has 0 atom stereocenters. The van der Waals surface area contributed by atoms with E-state index in [0.29, 0.717) is 13.1 Å². The van der Waals surface area contributed by atoms with Crippen molar-refractivity contribution in [2.24, 2.45) is 0 Å². The number of carbonyl (C=O) groups excluding carboxylic acids is 2. The first-order valence-electron chi connectivity index (χ1n) is 5.59. The molecule has 3 amide bonds. The van der Waals surface area contributed by atoms with E-state index in [9.17, 15) is 14.4 Å². The SMILES string of the molecule is O=C1CN(C(=O)Nc2cccnc2C(=O)O)CCN1. The Morgan fingerprint density at radius 1 is 1.47 bits per heavy atom. The summed E-state index contributed by atoms with van der Waals surface area (Å²) >= 11 is 0. The number of hydrogen-bond acceptors (Lipinski definition) is 4. The van der Waals surface area contributed by atoms with Crippen molar-refractivity contribution in [2.75, 3.05) is 25.0 Å². The maximum Gasteiger partial charge on any atom is 0.356 e. The van der Waals surface area contributed by atoms with E-state index >= 15 is 0 Å². The molecule has 0 radical (unpaired) electrons. The van der Waals surface area contributed by atoms with Crippen molar-refractivity contribution in [1.29, 1.82) is 0 Å². The number of carbonyl (C=O) groups is 3. The second-order valence-corrected chi connectivity index (χ2v) is 3.91. The molecule has 0 saturated carbocycles. The summed E-state index contributed by atoms with van der Waals surface area (Å²) in [5, 5.41) is 14.0. The van der Waals surface area contributed by atoms with Crippen LogP contribution in [0.1, 0.15) is 10.5 Å². The van der Waals surface area contributed by atoms with Crippen molar-refractivity contribution in [3.63, 3.8) is 0 Å². The molecule has 100 valence electrons. The number of hydrogen-bond donors (Lipinski definition) is 3. The van der Waals surface area contributed by atoms with Gasteiger partial charge in [0, 0.05) is 19.3 Å². The molecule has 3 N–H and O–H groups in total. The second-order valence-electron chi connectivity index (χ2n) is 3.91. The summed E-state index contributed by atoms with van der Waals surface area (Å²) in [5.74, 6) is -1.47. The number of anilines is 1. The van der Waals surface area contributed by atoms with Gasteiger partial charge in [0.15, 0.2) is 5.69 Å². The highest BCUT2D eigenvalue weighted by atomic mass is 16.4. The van der Waals surface area contributed by atoms with E-state index in [2.05, 4.69) is 15.6 Å². The van der Waals surface area contributed by atoms with Crippen LogP contribution < -0.4 is 10.6 Å². The predicted octanol–water partition coefficient (Wildman–Crippen LogP) is -0.256. The first kappa shape index (κ1) is 12.8. The summed E-state index contributed by atoms with van der Waals surface area (Å²) < 4.78 is 0. The number of nitrogens with zero attached hydrogens (tertiary/aromatic N) is 2. The summed E-state index contributed by atoms with van der Waals surface area (Å²) in [5.41, 5.74) is -0.136. The fourth-order valence-electron chi connectivity index (χ4n) is 1.68. The molecule has 1 saturated heterocycles. The van der Waals surface area contributed by atoms with Crippen LogP contribution in [-0.4, -0.2) is 52.5 Å². The maximum atomic E-state index is 11.9. The molecule has 1 aromatic rings. The fraction of sp³-hybridized carbons (Fsp3) is 0.273. The van der Waals surface area contributed by atoms with Gasteiger partial charge in [0.05, 0.1) is 5.69 Å². The molecule has 0 aromatic carbocycles. The Labute approximate surface area is 108 Å². The highest BCUT2D eigenvalue weighted by Crippen LogP contribution is 2.13. The van der Waals surface area contributed by atoms with E-state index in [1.54, 1.807) is 0 Å². The Balaban J connectivity index is 2.10. The van der Waals surface area contributed by atoms with Gasteiger partial charge in [-0.05, 0) is 12.1 Å². The molecule has 0 bridgehead atoms. The van der Waals surface area contributed by atoms with Gasteiger partial charge in [0.2, 0.25) is 5.91 Å². The molecule has 2 heterocycles. The van der Waals surface area contributed by atoms with Gasteiger partial charge in [-0.25, -0.2) is 14.6 Å². The molecule has 0 unspecified atom stereocenters. The highest BCUT2D eigenvalue weighted by molar-refractivity contribution is 5.99. The molecule has 0 spiro atoms. The van der Waals surface area contributed by atoms with Gasteiger partial charge in [0.25, 0.3) is 0 Å². The first-order chi connectivity index (χ1) is 9.08. The standard InChI is InChI=1S/C11H12N4O4/c16-8-6-15(5-4-12-8)11(19)14-7-2-1-3-13-9(7)10(17)18/h1-3H,4-6H2,(H,12,16)(H,14,19)(H,17,18). The smallest absolute Gasteiger partial charge is 0.356 e. The monoisotopic (exact) mass is 264 g/mol. The molecular formula is C11H12N4O4. The Morgan fingerprint density at radius 2 is 2.26 bits per heavy atom. The van der Waals surface area contributed by atoms with Gasteiger partial charge in [-0.1, -0.05) is 0 Å². The van der Waals surface area contributed by atoms with Gasteiger partial charge in [-0.3, -0.25) is 4.79 Å². The minimum Gasteiger partial charge on any atom is -0.476 e. The number of aromatic carboxylic acids is 1. The zero-order chi connectivity index (χ0) is 13.8. The quantitative estimate of drug-likeness (QED) is 0.681. The molecular weight excluding hydrogens is 252 g/mol. The van der Waals surface area contributed by atoms with E-state index in [1.165, 1.54) is 23.2 Å². The van der Waals surface area contributed by atoms with Gasteiger partial charge >= 0.3 is 12.0 Å². The second kappa shape index (κ2) is 5.34. The van der Waals surface area contributed by atoms with Gasteiger partial charge in [0.1, 0.15) is 6.54 Å². The van der Waals surface area contributed by atoms with Crippen LogP contribution in [0.2, 0.25) is 0 Å². The Kier molecular flexibility index (Phi) is 3.60. The number of pyridine rings is 1. The van der Waals surface area contributed by atoms with Crippen molar-refractivity contribution >= 4 is 23.6 Å². The summed E-state index contributed by atoms with van der Waals surface area (Å²) in [6.07, 6.45) is 1.33. The predicted molar refractivity (Wildman–Crippen MR) is 64.8 cm³/mol. The third-order valence-electron chi connectivity index (χ3n) is 2.58. The van der Waals surface area contributed by atoms with Gasteiger partial charge < -0.3 is 20.6 Å². The van der Waals surface area contributed by atoms with Crippen LogP contribution in [0, 0.1) is 0 Å². The molecule has 8 heteroatoms. The Hall–Kier alpha value is -2.64. The van der Waals surface area contributed by atoms with Crippen LogP contribution in [0.25, 0.3) is 0 Å². The van der Waals surface area contributed by atoms with E-state index in [4.69, 9.17) is 5.11 Å². The van der Waals surface area contributed by atoms with Crippen molar-refractivity contribution in [3.8, 4) is 0 Å². The first-order valence-corrected chi connectivity index (χ1v) is 5.59. The minimum absolute atomic E-state index is 0.0471. The van der Waals surface area contributed by atoms with Crippen molar-refractivity contribution in [2.45, 2.75) is 0 Å². The van der Waals surface area contributed by atoms with Gasteiger partial charge in [-0.15, -0.1) is 0 Å². The number of carboxylic acid groups (broad SMARTS) is 1. The van der Waals surface area contributed by atoms with E-state index in [-0.39, 0.29) is 23.8 Å². The van der Waals surface area contributed by atoms with Crippen LogP contribution >= 0.6 is 0 Å². The number of piperazine rings is 1. The number of amides is 3. The van der Waals surface area contributed by atoms with Crippen molar-refractivity contribution in [3.05, 3.63) is 24.0 Å². The van der Waals surface area contributed by atoms with E-state index < -0.39 is 12.0 Å². The van der Waals surface area contributed by atoms with Crippen LogP contribution in [0.4, 0.5) is 10.5 Å². The number of carboxylic acids is 1. The van der Waals surface area contributed by atoms with Gasteiger partial charge in [-0.2, -0.15) is 0 Å². The molecule has 0 aliphatic carbocycles. The molecule has 8 nitrogen and oxygen atoms in total. The Bertz CT molecular complexity index is 531. The zero-order valence-corrected chi connectivity index (χ0v) is 9.92. The summed E-state index contributed by atoms with van der Waals surface area (Å²) in [4.78, 5) is 39.0. The average molecular weight is 264 g/mol. The minimum atomic E-state index is -1.23. The third-order valence-corrected chi connectivity index (χ3v) is 2.58. The van der Waals surface area contributed by atoms with Crippen molar-refractivity contribution in [1.82, 2.24) is 15.2 Å². The molecule has 1 fully saturated rings. The molecule has 1 aliphatic heterocycles. The third kappa shape index (κ3) is 2.97. The topological polar surface area (TPSA) is 112 Å². The lowest BCUT2D eigenvalue weighted by molar-refractivity contribution is -0.123. The summed E-state index contributed by atoms with van der Waals surface area (Å²) in [6, 6.07) is 2.44. The number of aromatic nitrogens is 1. The molecule has 19 heavy (non-hydrogen) atoms. The van der Waals surface area contributed by atoms with Crippen LogP contribution in [-0.2, 0) is 4.79 Å². The summed E-state index contributed by atoms with van der Waals surface area (Å²) in [7, 11) is 0. The van der Waals surface area contributed by atoms with Crippen LogP contribution in [0.5, 0.6) is 0 Å². The zero-order valence-electron chi connectivity index (χ0n) is 9.92. The number of urea groups is 1. The molecule has 1 aromatic heterocycles. The van der Waals surface area contributed by atoms with Crippen LogP contribution in [0.3, 0.4) is 0 Å². The number of nitrogens with one attached hydrogen (secondary N) is 2. The summed E-state index contributed by atoms with van der Waals surface area (Å²) in [6.45, 7) is 0.708. The normalized spacial score (nSPS) is 14.7. The van der Waals surface area contributed by atoms with E-state index in [0.717, 1.165) is 0 Å². The molecule has 1 aliphatic rings. The average Bonchev–Trinajstić information content (AvgIpc) is 2.39. The van der Waals surface area contributed by atoms with Crippen molar-refractivity contribution < 1.29 is 19.5 Å².